The Hall–Kier alpha value is -1.89. The maximum Gasteiger partial charge on any atom is 0.239 e. The smallest absolute Gasteiger partial charge is 0.239 e. The van der Waals surface area contributed by atoms with Crippen LogP contribution >= 0.6 is 0 Å². The molecule has 0 aliphatic heterocycles. The van der Waals surface area contributed by atoms with Crippen molar-refractivity contribution in [3.05, 3.63) is 11.9 Å². The van der Waals surface area contributed by atoms with Gasteiger partial charge >= 0.3 is 0 Å². The summed E-state index contributed by atoms with van der Waals surface area (Å²) in [5.74, 6) is 7.91. The number of carbonyl (C=O) groups excluding carboxylic acids is 1. The molecule has 20 heavy (non-hydrogen) atoms. The van der Waals surface area contributed by atoms with Crippen molar-refractivity contribution in [3.63, 3.8) is 0 Å². The quantitative estimate of drug-likeness (QED) is 0.521. The van der Waals surface area contributed by atoms with Crippen LogP contribution in [-0.4, -0.2) is 35.5 Å². The maximum atomic E-state index is 11.8. The average molecular weight is 278 g/mol. The Labute approximate surface area is 118 Å². The number of anilines is 2. The highest BCUT2D eigenvalue weighted by Crippen LogP contribution is 2.38. The predicted molar refractivity (Wildman–Crippen MR) is 78.4 cm³/mol. The molecule has 0 aromatic carbocycles. The van der Waals surface area contributed by atoms with Gasteiger partial charge in [0, 0.05) is 25.1 Å². The molecule has 4 N–H and O–H groups in total. The van der Waals surface area contributed by atoms with Gasteiger partial charge in [-0.15, -0.1) is 0 Å². The Balaban J connectivity index is 2.10. The second-order valence-electron chi connectivity index (χ2n) is 5.47. The molecular weight excluding hydrogens is 256 g/mol. The third kappa shape index (κ3) is 3.80. The molecule has 1 aromatic rings. The molecule has 1 aromatic heterocycles. The Morgan fingerprint density at radius 3 is 2.75 bits per heavy atom. The molecule has 1 heterocycles. The summed E-state index contributed by atoms with van der Waals surface area (Å²) in [5.41, 5.74) is 2.55. The van der Waals surface area contributed by atoms with Crippen molar-refractivity contribution < 1.29 is 4.79 Å². The van der Waals surface area contributed by atoms with E-state index in [4.69, 9.17) is 5.84 Å². The molecular formula is C13H22N6O. The highest BCUT2D eigenvalue weighted by molar-refractivity contribution is 5.81. The van der Waals surface area contributed by atoms with Gasteiger partial charge in [-0.3, -0.25) is 4.79 Å². The van der Waals surface area contributed by atoms with Crippen molar-refractivity contribution in [3.8, 4) is 0 Å². The van der Waals surface area contributed by atoms with Crippen molar-refractivity contribution in [2.24, 2.45) is 5.84 Å². The number of hydrazine groups is 1. The summed E-state index contributed by atoms with van der Waals surface area (Å²) in [4.78, 5) is 22.4. The minimum atomic E-state index is -0.0312. The van der Waals surface area contributed by atoms with Crippen LogP contribution in [0.25, 0.3) is 0 Å². The molecule has 0 atom stereocenters. The molecule has 0 radical (unpaired) electrons. The van der Waals surface area contributed by atoms with E-state index in [0.717, 1.165) is 18.7 Å². The van der Waals surface area contributed by atoms with E-state index in [0.29, 0.717) is 17.6 Å². The van der Waals surface area contributed by atoms with Gasteiger partial charge in [-0.2, -0.15) is 0 Å². The van der Waals surface area contributed by atoms with Gasteiger partial charge in [0.15, 0.2) is 0 Å². The number of nitrogen functional groups attached to an aromatic ring is 1. The molecule has 1 fully saturated rings. The fourth-order valence-corrected chi connectivity index (χ4v) is 1.91. The lowest BCUT2D eigenvalue weighted by Crippen LogP contribution is -2.39. The van der Waals surface area contributed by atoms with Gasteiger partial charge in [0.2, 0.25) is 5.91 Å². The third-order valence-corrected chi connectivity index (χ3v) is 3.04. The van der Waals surface area contributed by atoms with Crippen LogP contribution in [0, 0.1) is 0 Å². The van der Waals surface area contributed by atoms with Gasteiger partial charge < -0.3 is 15.6 Å². The van der Waals surface area contributed by atoms with Crippen LogP contribution in [0.4, 0.5) is 11.6 Å². The molecule has 1 amide bonds. The molecule has 1 aliphatic rings. The van der Waals surface area contributed by atoms with Crippen LogP contribution in [0.2, 0.25) is 0 Å². The van der Waals surface area contributed by atoms with Gasteiger partial charge in [0.1, 0.15) is 17.5 Å². The van der Waals surface area contributed by atoms with Crippen LogP contribution in [-0.2, 0) is 4.79 Å². The number of hydrogen-bond acceptors (Lipinski definition) is 6. The molecule has 0 unspecified atom stereocenters. The van der Waals surface area contributed by atoms with E-state index >= 15 is 0 Å². The monoisotopic (exact) mass is 278 g/mol. The molecule has 1 aliphatic carbocycles. The molecule has 2 rings (SSSR count). The molecule has 0 spiro atoms. The van der Waals surface area contributed by atoms with Crippen LogP contribution in [0.1, 0.15) is 38.4 Å². The van der Waals surface area contributed by atoms with E-state index in [1.807, 2.05) is 20.9 Å². The first kappa shape index (κ1) is 14.5. The van der Waals surface area contributed by atoms with E-state index in [1.54, 1.807) is 11.0 Å². The SMILES string of the molecule is CC(C)NC(=O)CN(C)c1cc(NN)nc(C2CC2)n1. The largest absolute Gasteiger partial charge is 0.352 e. The Morgan fingerprint density at radius 2 is 2.20 bits per heavy atom. The van der Waals surface area contributed by atoms with Crippen LogP contribution < -0.4 is 21.5 Å². The summed E-state index contributed by atoms with van der Waals surface area (Å²) in [6, 6.07) is 1.87. The molecule has 0 bridgehead atoms. The van der Waals surface area contributed by atoms with Gasteiger partial charge in [0.25, 0.3) is 0 Å². The van der Waals surface area contributed by atoms with Crippen LogP contribution in [0.15, 0.2) is 6.07 Å². The fraction of sp³-hybridized carbons (Fsp3) is 0.615. The number of aromatic nitrogens is 2. The van der Waals surface area contributed by atoms with Gasteiger partial charge in [-0.05, 0) is 26.7 Å². The zero-order chi connectivity index (χ0) is 14.7. The lowest BCUT2D eigenvalue weighted by molar-refractivity contribution is -0.120. The zero-order valence-corrected chi connectivity index (χ0v) is 12.2. The van der Waals surface area contributed by atoms with E-state index < -0.39 is 0 Å². The minimum absolute atomic E-state index is 0.0312. The van der Waals surface area contributed by atoms with Crippen LogP contribution in [0.3, 0.4) is 0 Å². The Kier molecular flexibility index (Phi) is 4.39. The number of nitrogens with two attached hydrogens (primary N) is 1. The number of hydrogen-bond donors (Lipinski definition) is 3. The van der Waals surface area contributed by atoms with Gasteiger partial charge in [0.05, 0.1) is 6.54 Å². The number of rotatable bonds is 6. The van der Waals surface area contributed by atoms with E-state index in [1.165, 1.54) is 0 Å². The lowest BCUT2D eigenvalue weighted by atomic mass is 10.3. The summed E-state index contributed by atoms with van der Waals surface area (Å²) in [6.45, 7) is 4.12. The third-order valence-electron chi connectivity index (χ3n) is 3.04. The first-order valence-electron chi connectivity index (χ1n) is 6.85. The number of likely N-dealkylation sites (N-methyl/N-ethyl adjacent to an activating group) is 1. The van der Waals surface area contributed by atoms with Crippen molar-refractivity contribution in [1.82, 2.24) is 15.3 Å². The van der Waals surface area contributed by atoms with Gasteiger partial charge in [-0.1, -0.05) is 0 Å². The second kappa shape index (κ2) is 6.04. The summed E-state index contributed by atoms with van der Waals surface area (Å²) in [6.07, 6.45) is 2.23. The molecule has 0 saturated heterocycles. The molecule has 7 nitrogen and oxygen atoms in total. The second-order valence-corrected chi connectivity index (χ2v) is 5.47. The average Bonchev–Trinajstić information content (AvgIpc) is 3.21. The first-order valence-corrected chi connectivity index (χ1v) is 6.85. The van der Waals surface area contributed by atoms with Crippen molar-refractivity contribution in [2.75, 3.05) is 23.9 Å². The number of nitrogens with zero attached hydrogens (tertiary/aromatic N) is 3. The maximum absolute atomic E-state index is 11.8. The summed E-state index contributed by atoms with van der Waals surface area (Å²) in [5, 5.41) is 2.86. The van der Waals surface area contributed by atoms with Crippen LogP contribution in [0.5, 0.6) is 0 Å². The normalized spacial score (nSPS) is 14.2. The summed E-state index contributed by atoms with van der Waals surface area (Å²) in [7, 11) is 1.83. The fourth-order valence-electron chi connectivity index (χ4n) is 1.91. The molecule has 110 valence electrons. The number of nitrogens with one attached hydrogen (secondary N) is 2. The summed E-state index contributed by atoms with van der Waals surface area (Å²) < 4.78 is 0. The highest BCUT2D eigenvalue weighted by atomic mass is 16.2. The van der Waals surface area contributed by atoms with Gasteiger partial charge in [-0.25, -0.2) is 15.8 Å². The predicted octanol–water partition coefficient (Wildman–Crippen LogP) is 0.600. The highest BCUT2D eigenvalue weighted by Gasteiger charge is 2.27. The van der Waals surface area contributed by atoms with Crippen molar-refractivity contribution >= 4 is 17.5 Å². The van der Waals surface area contributed by atoms with E-state index in [9.17, 15) is 4.79 Å². The minimum Gasteiger partial charge on any atom is -0.352 e. The van der Waals surface area contributed by atoms with E-state index in [2.05, 4.69) is 20.7 Å². The Bertz CT molecular complexity index is 486. The van der Waals surface area contributed by atoms with Crippen molar-refractivity contribution in [2.45, 2.75) is 38.6 Å². The number of carbonyl (C=O) groups is 1. The topological polar surface area (TPSA) is 96.2 Å². The lowest BCUT2D eigenvalue weighted by Gasteiger charge is -2.19. The zero-order valence-electron chi connectivity index (χ0n) is 12.2. The van der Waals surface area contributed by atoms with E-state index in [-0.39, 0.29) is 18.5 Å². The molecule has 1 saturated carbocycles. The standard InChI is InChI=1S/C13H22N6O/c1-8(2)15-12(20)7-19(3)11-6-10(18-14)16-13(17-11)9-4-5-9/h6,8-9H,4-5,7,14H2,1-3H3,(H,15,20)(H,16,17,18). The summed E-state index contributed by atoms with van der Waals surface area (Å²) >= 11 is 0. The number of amides is 1. The Morgan fingerprint density at radius 1 is 1.50 bits per heavy atom. The molecule has 7 heteroatoms. The first-order chi connectivity index (χ1) is 9.49. The van der Waals surface area contributed by atoms with Crippen molar-refractivity contribution in [1.29, 1.82) is 0 Å².